The fraction of sp³-hybridized carbons (Fsp3) is 0.818. The molecule has 0 saturated heterocycles. The van der Waals surface area contributed by atoms with Crippen LogP contribution in [0.3, 0.4) is 0 Å². The highest BCUT2D eigenvalue weighted by Gasteiger charge is 2.18. The van der Waals surface area contributed by atoms with Crippen LogP contribution in [0.15, 0.2) is 11.6 Å². The van der Waals surface area contributed by atoms with E-state index in [1.807, 2.05) is 0 Å². The highest BCUT2D eigenvalue weighted by atomic mass is 35.5. The number of hydrogen-bond acceptors (Lipinski definition) is 2. The summed E-state index contributed by atoms with van der Waals surface area (Å²) in [6, 6.07) is 0. The molecule has 2 nitrogen and oxygen atoms in total. The molecule has 0 amide bonds. The fourth-order valence-corrected chi connectivity index (χ4v) is 2.18. The van der Waals surface area contributed by atoms with Crippen molar-refractivity contribution in [3.8, 4) is 0 Å². The molecule has 14 heavy (non-hydrogen) atoms. The second-order valence-electron chi connectivity index (χ2n) is 4.19. The zero-order valence-electron chi connectivity index (χ0n) is 8.64. The molecular formula is C11H20ClNO. The second kappa shape index (κ2) is 6.44. The van der Waals surface area contributed by atoms with Crippen molar-refractivity contribution >= 4 is 11.6 Å². The molecule has 1 aliphatic rings. The van der Waals surface area contributed by atoms with Crippen molar-refractivity contribution < 1.29 is 5.11 Å². The van der Waals surface area contributed by atoms with Crippen molar-refractivity contribution in [2.75, 3.05) is 13.1 Å². The molecule has 0 aromatic heterocycles. The van der Waals surface area contributed by atoms with Crippen LogP contribution >= 0.6 is 11.6 Å². The fourth-order valence-electron chi connectivity index (χ4n) is 2.09. The molecule has 1 rings (SSSR count). The van der Waals surface area contributed by atoms with Gasteiger partial charge in [0.25, 0.3) is 0 Å². The molecule has 0 spiro atoms. The van der Waals surface area contributed by atoms with Crippen LogP contribution in [-0.4, -0.2) is 24.3 Å². The zero-order chi connectivity index (χ0) is 10.4. The van der Waals surface area contributed by atoms with E-state index in [1.165, 1.54) is 25.7 Å². The predicted molar refractivity (Wildman–Crippen MR) is 60.4 cm³/mol. The van der Waals surface area contributed by atoms with Crippen molar-refractivity contribution in [1.82, 2.24) is 5.32 Å². The first-order valence-corrected chi connectivity index (χ1v) is 5.78. The van der Waals surface area contributed by atoms with Gasteiger partial charge in [-0.2, -0.15) is 0 Å². The lowest BCUT2D eigenvalue weighted by atomic mass is 10.0. The standard InChI is InChI=1S/C11H20ClNO/c1-9(12)7-13-8-11(14)6-10-4-2-3-5-10/h10-11,13-14H,1-8H2. The first kappa shape index (κ1) is 12.0. The summed E-state index contributed by atoms with van der Waals surface area (Å²) >= 11 is 5.59. The van der Waals surface area contributed by atoms with Crippen molar-refractivity contribution in [3.05, 3.63) is 11.6 Å². The minimum atomic E-state index is -0.228. The van der Waals surface area contributed by atoms with Crippen molar-refractivity contribution in [2.45, 2.75) is 38.2 Å². The largest absolute Gasteiger partial charge is 0.392 e. The van der Waals surface area contributed by atoms with Gasteiger partial charge in [-0.3, -0.25) is 0 Å². The summed E-state index contributed by atoms with van der Waals surface area (Å²) in [7, 11) is 0. The highest BCUT2D eigenvalue weighted by Crippen LogP contribution is 2.28. The van der Waals surface area contributed by atoms with Gasteiger partial charge in [0.15, 0.2) is 0 Å². The van der Waals surface area contributed by atoms with E-state index >= 15 is 0 Å². The number of halogens is 1. The minimum Gasteiger partial charge on any atom is -0.392 e. The van der Waals surface area contributed by atoms with E-state index in [1.54, 1.807) is 0 Å². The van der Waals surface area contributed by atoms with E-state index < -0.39 is 0 Å². The molecule has 1 aliphatic carbocycles. The Morgan fingerprint density at radius 3 is 2.71 bits per heavy atom. The van der Waals surface area contributed by atoms with E-state index in [2.05, 4.69) is 11.9 Å². The molecule has 0 radical (unpaired) electrons. The molecule has 3 heteroatoms. The Kier molecular flexibility index (Phi) is 5.53. The van der Waals surface area contributed by atoms with E-state index in [0.29, 0.717) is 18.1 Å². The molecule has 1 atom stereocenters. The van der Waals surface area contributed by atoms with Crippen LogP contribution in [0.4, 0.5) is 0 Å². The number of rotatable bonds is 6. The third kappa shape index (κ3) is 4.99. The lowest BCUT2D eigenvalue weighted by Gasteiger charge is -2.15. The summed E-state index contributed by atoms with van der Waals surface area (Å²) in [5, 5.41) is 13.4. The monoisotopic (exact) mass is 217 g/mol. The Balaban J connectivity index is 2.03. The molecule has 1 unspecified atom stereocenters. The summed E-state index contributed by atoms with van der Waals surface area (Å²) in [4.78, 5) is 0. The topological polar surface area (TPSA) is 32.3 Å². The van der Waals surface area contributed by atoms with Gasteiger partial charge >= 0.3 is 0 Å². The Labute approximate surface area is 91.3 Å². The van der Waals surface area contributed by atoms with Gasteiger partial charge in [0.2, 0.25) is 0 Å². The van der Waals surface area contributed by atoms with E-state index in [9.17, 15) is 5.11 Å². The van der Waals surface area contributed by atoms with E-state index in [0.717, 1.165) is 12.3 Å². The second-order valence-corrected chi connectivity index (χ2v) is 4.72. The van der Waals surface area contributed by atoms with Gasteiger partial charge in [-0.1, -0.05) is 43.9 Å². The Hall–Kier alpha value is -0.0500. The van der Waals surface area contributed by atoms with Crippen molar-refractivity contribution in [3.63, 3.8) is 0 Å². The SMILES string of the molecule is C=C(Cl)CNCC(O)CC1CCCC1. The third-order valence-corrected chi connectivity index (χ3v) is 2.91. The first-order valence-electron chi connectivity index (χ1n) is 5.40. The summed E-state index contributed by atoms with van der Waals surface area (Å²) in [5.74, 6) is 0.742. The van der Waals surface area contributed by atoms with Crippen molar-refractivity contribution in [2.24, 2.45) is 5.92 Å². The van der Waals surface area contributed by atoms with Crippen LogP contribution in [0, 0.1) is 5.92 Å². The molecule has 1 saturated carbocycles. The van der Waals surface area contributed by atoms with Crippen LogP contribution in [0.25, 0.3) is 0 Å². The van der Waals surface area contributed by atoms with Gasteiger partial charge < -0.3 is 10.4 Å². The minimum absolute atomic E-state index is 0.228. The number of aliphatic hydroxyl groups is 1. The molecule has 1 fully saturated rings. The van der Waals surface area contributed by atoms with Crippen LogP contribution in [-0.2, 0) is 0 Å². The van der Waals surface area contributed by atoms with E-state index in [-0.39, 0.29) is 6.10 Å². The highest BCUT2D eigenvalue weighted by molar-refractivity contribution is 6.29. The van der Waals surface area contributed by atoms with Gasteiger partial charge in [0.1, 0.15) is 0 Å². The summed E-state index contributed by atoms with van der Waals surface area (Å²) in [6.45, 7) is 4.79. The van der Waals surface area contributed by atoms with Crippen LogP contribution in [0.2, 0.25) is 0 Å². The van der Waals surface area contributed by atoms with Gasteiger partial charge in [-0.15, -0.1) is 0 Å². The molecule has 82 valence electrons. The van der Waals surface area contributed by atoms with Crippen LogP contribution < -0.4 is 5.32 Å². The lowest BCUT2D eigenvalue weighted by Crippen LogP contribution is -2.28. The van der Waals surface area contributed by atoms with Gasteiger partial charge in [-0.05, 0) is 12.3 Å². The number of nitrogens with one attached hydrogen (secondary N) is 1. The summed E-state index contributed by atoms with van der Waals surface area (Å²) in [5.41, 5.74) is 0. The molecule has 0 aliphatic heterocycles. The van der Waals surface area contributed by atoms with Gasteiger partial charge in [0, 0.05) is 18.1 Å². The maximum Gasteiger partial charge on any atom is 0.0667 e. The molecular weight excluding hydrogens is 198 g/mol. The quantitative estimate of drug-likeness (QED) is 0.716. The Morgan fingerprint density at radius 2 is 2.14 bits per heavy atom. The molecule has 0 aromatic rings. The third-order valence-electron chi connectivity index (χ3n) is 2.78. The smallest absolute Gasteiger partial charge is 0.0667 e. The molecule has 2 N–H and O–H groups in total. The maximum atomic E-state index is 9.69. The predicted octanol–water partition coefficient (Wildman–Crippen LogP) is 2.27. The molecule has 0 aromatic carbocycles. The summed E-state index contributed by atoms with van der Waals surface area (Å²) < 4.78 is 0. The zero-order valence-corrected chi connectivity index (χ0v) is 9.39. The van der Waals surface area contributed by atoms with Crippen LogP contribution in [0.5, 0.6) is 0 Å². The normalized spacial score (nSPS) is 19.9. The number of hydrogen-bond donors (Lipinski definition) is 2. The molecule has 0 heterocycles. The Morgan fingerprint density at radius 1 is 1.50 bits per heavy atom. The van der Waals surface area contributed by atoms with Crippen LogP contribution in [0.1, 0.15) is 32.1 Å². The number of aliphatic hydroxyl groups excluding tert-OH is 1. The van der Waals surface area contributed by atoms with Crippen molar-refractivity contribution in [1.29, 1.82) is 0 Å². The van der Waals surface area contributed by atoms with E-state index in [4.69, 9.17) is 11.6 Å². The maximum absolute atomic E-state index is 9.69. The Bertz CT molecular complexity index is 178. The molecule has 0 bridgehead atoms. The summed E-state index contributed by atoms with van der Waals surface area (Å²) in [6.07, 6.45) is 5.96. The average Bonchev–Trinajstić information content (AvgIpc) is 2.56. The lowest BCUT2D eigenvalue weighted by molar-refractivity contribution is 0.142. The first-order chi connectivity index (χ1) is 6.68. The van der Waals surface area contributed by atoms with Gasteiger partial charge in [0.05, 0.1) is 6.10 Å². The average molecular weight is 218 g/mol. The van der Waals surface area contributed by atoms with Gasteiger partial charge in [-0.25, -0.2) is 0 Å².